The average Bonchev–Trinajstić information content (AvgIpc) is 2.75. The smallest absolute Gasteiger partial charge is 0.124 e. The summed E-state index contributed by atoms with van der Waals surface area (Å²) in [5, 5.41) is 5.17. The van der Waals surface area contributed by atoms with Crippen LogP contribution >= 0.6 is 23.4 Å². The molecule has 1 heterocycles. The van der Waals surface area contributed by atoms with Crippen LogP contribution in [0.3, 0.4) is 0 Å². The number of halogens is 2. The van der Waals surface area contributed by atoms with E-state index in [1.807, 2.05) is 18.5 Å². The predicted octanol–water partition coefficient (Wildman–Crippen LogP) is 4.13. The highest BCUT2D eigenvalue weighted by molar-refractivity contribution is 7.98. The van der Waals surface area contributed by atoms with Crippen LogP contribution < -0.4 is 5.73 Å². The zero-order valence-corrected chi connectivity index (χ0v) is 13.1. The number of anilines is 1. The summed E-state index contributed by atoms with van der Waals surface area (Å²) in [4.78, 5) is 0.725. The van der Waals surface area contributed by atoms with E-state index in [0.717, 1.165) is 29.2 Å². The van der Waals surface area contributed by atoms with Crippen LogP contribution in [0.1, 0.15) is 25.2 Å². The number of nitrogen functional groups attached to an aromatic ring is 1. The number of thioether (sulfide) groups is 1. The molecular formula is C14H17ClFN3S. The van der Waals surface area contributed by atoms with Crippen LogP contribution in [0.4, 0.5) is 10.1 Å². The van der Waals surface area contributed by atoms with Crippen LogP contribution in [0.5, 0.6) is 0 Å². The molecule has 2 rings (SSSR count). The zero-order chi connectivity index (χ0) is 14.7. The molecule has 2 N–H and O–H groups in total. The van der Waals surface area contributed by atoms with Crippen molar-refractivity contribution in [2.24, 2.45) is 0 Å². The van der Waals surface area contributed by atoms with Gasteiger partial charge in [0.15, 0.2) is 0 Å². The minimum atomic E-state index is -0.286. The summed E-state index contributed by atoms with van der Waals surface area (Å²) in [6, 6.07) is 4.38. The van der Waals surface area contributed by atoms with Gasteiger partial charge in [-0.3, -0.25) is 4.68 Å². The van der Waals surface area contributed by atoms with E-state index in [9.17, 15) is 4.39 Å². The van der Waals surface area contributed by atoms with Gasteiger partial charge in [-0.25, -0.2) is 4.39 Å². The summed E-state index contributed by atoms with van der Waals surface area (Å²) in [7, 11) is 0. The minimum Gasteiger partial charge on any atom is -0.398 e. The highest BCUT2D eigenvalue weighted by Crippen LogP contribution is 2.32. The Morgan fingerprint density at radius 3 is 2.80 bits per heavy atom. The van der Waals surface area contributed by atoms with Crippen molar-refractivity contribution >= 4 is 29.1 Å². The molecular weight excluding hydrogens is 297 g/mol. The number of aromatic nitrogens is 2. The molecule has 0 spiro atoms. The van der Waals surface area contributed by atoms with Crippen LogP contribution in [0, 0.1) is 5.82 Å². The van der Waals surface area contributed by atoms with Crippen molar-refractivity contribution in [1.82, 2.24) is 9.78 Å². The van der Waals surface area contributed by atoms with E-state index in [4.69, 9.17) is 17.3 Å². The Morgan fingerprint density at radius 2 is 2.15 bits per heavy atom. The fourth-order valence-electron chi connectivity index (χ4n) is 1.93. The lowest BCUT2D eigenvalue weighted by atomic mass is 10.3. The third-order valence-corrected chi connectivity index (χ3v) is 4.55. The van der Waals surface area contributed by atoms with E-state index in [-0.39, 0.29) is 5.82 Å². The van der Waals surface area contributed by atoms with Crippen LogP contribution in [0.2, 0.25) is 5.02 Å². The van der Waals surface area contributed by atoms with E-state index in [2.05, 4.69) is 5.10 Å². The third-order valence-electron chi connectivity index (χ3n) is 3.03. The van der Waals surface area contributed by atoms with Gasteiger partial charge in [0, 0.05) is 22.9 Å². The van der Waals surface area contributed by atoms with Gasteiger partial charge in [0.1, 0.15) is 5.82 Å². The quantitative estimate of drug-likeness (QED) is 0.666. The van der Waals surface area contributed by atoms with Crippen molar-refractivity contribution in [1.29, 1.82) is 0 Å². The summed E-state index contributed by atoms with van der Waals surface area (Å²) >= 11 is 7.82. The predicted molar refractivity (Wildman–Crippen MR) is 82.7 cm³/mol. The third kappa shape index (κ3) is 3.10. The van der Waals surface area contributed by atoms with E-state index in [1.54, 1.807) is 6.07 Å². The van der Waals surface area contributed by atoms with Crippen molar-refractivity contribution < 1.29 is 4.39 Å². The zero-order valence-electron chi connectivity index (χ0n) is 11.5. The normalized spacial score (nSPS) is 11.0. The monoisotopic (exact) mass is 313 g/mol. The van der Waals surface area contributed by atoms with Crippen molar-refractivity contribution in [3.05, 3.63) is 40.4 Å². The highest BCUT2D eigenvalue weighted by atomic mass is 35.5. The Kier molecular flexibility index (Phi) is 4.94. The first-order valence-electron chi connectivity index (χ1n) is 6.48. The maximum Gasteiger partial charge on any atom is 0.124 e. The maximum atomic E-state index is 13.2. The molecule has 6 heteroatoms. The van der Waals surface area contributed by atoms with Gasteiger partial charge in [-0.15, -0.1) is 11.8 Å². The SMILES string of the molecule is CCc1nn(CC)c(CSc2cc(F)ccc2N)c1Cl. The molecule has 0 saturated carbocycles. The Hall–Kier alpha value is -1.20. The van der Waals surface area contributed by atoms with E-state index >= 15 is 0 Å². The summed E-state index contributed by atoms with van der Waals surface area (Å²) in [6.07, 6.45) is 0.797. The summed E-state index contributed by atoms with van der Waals surface area (Å²) in [5.74, 6) is 0.332. The second-order valence-corrected chi connectivity index (χ2v) is 5.74. The molecule has 0 aliphatic heterocycles. The maximum absolute atomic E-state index is 13.2. The Bertz CT molecular complexity index is 613. The van der Waals surface area contributed by atoms with Crippen LogP contribution in [0.25, 0.3) is 0 Å². The Morgan fingerprint density at radius 1 is 1.40 bits per heavy atom. The van der Waals surface area contributed by atoms with Gasteiger partial charge in [-0.05, 0) is 31.5 Å². The van der Waals surface area contributed by atoms with Gasteiger partial charge in [-0.1, -0.05) is 18.5 Å². The fraction of sp³-hybridized carbons (Fsp3) is 0.357. The molecule has 0 atom stereocenters. The number of aryl methyl sites for hydroxylation is 2. The Labute approximate surface area is 127 Å². The van der Waals surface area contributed by atoms with Crippen LogP contribution in [-0.2, 0) is 18.7 Å². The molecule has 3 nitrogen and oxygen atoms in total. The number of hydrogen-bond acceptors (Lipinski definition) is 3. The topological polar surface area (TPSA) is 43.8 Å². The number of benzene rings is 1. The second kappa shape index (κ2) is 6.50. The molecule has 0 saturated heterocycles. The first-order chi connectivity index (χ1) is 9.56. The molecule has 1 aromatic heterocycles. The van der Waals surface area contributed by atoms with E-state index < -0.39 is 0 Å². The number of nitrogens with two attached hydrogens (primary N) is 1. The van der Waals surface area contributed by atoms with Gasteiger partial charge in [0.05, 0.1) is 16.4 Å². The van der Waals surface area contributed by atoms with Crippen molar-refractivity contribution in [3.8, 4) is 0 Å². The molecule has 0 radical (unpaired) electrons. The van der Waals surface area contributed by atoms with Crippen molar-refractivity contribution in [2.75, 3.05) is 5.73 Å². The average molecular weight is 314 g/mol. The number of rotatable bonds is 5. The highest BCUT2D eigenvalue weighted by Gasteiger charge is 2.15. The van der Waals surface area contributed by atoms with E-state index in [0.29, 0.717) is 16.5 Å². The van der Waals surface area contributed by atoms with Crippen LogP contribution in [0.15, 0.2) is 23.1 Å². The lowest BCUT2D eigenvalue weighted by molar-refractivity contribution is 0.624. The molecule has 0 bridgehead atoms. The largest absolute Gasteiger partial charge is 0.398 e. The molecule has 0 aliphatic rings. The lowest BCUT2D eigenvalue weighted by Crippen LogP contribution is -2.02. The molecule has 2 aromatic rings. The van der Waals surface area contributed by atoms with Crippen molar-refractivity contribution in [3.63, 3.8) is 0 Å². The Balaban J connectivity index is 2.22. The molecule has 108 valence electrons. The fourth-order valence-corrected chi connectivity index (χ4v) is 3.37. The number of hydrogen-bond donors (Lipinski definition) is 1. The molecule has 0 unspecified atom stereocenters. The number of nitrogens with zero attached hydrogens (tertiary/aromatic N) is 2. The molecule has 1 aromatic carbocycles. The summed E-state index contributed by atoms with van der Waals surface area (Å²) < 4.78 is 15.1. The van der Waals surface area contributed by atoms with Crippen LogP contribution in [-0.4, -0.2) is 9.78 Å². The standard InChI is InChI=1S/C14H17ClFN3S/c1-3-11-14(15)12(19(4-2)18-11)8-20-13-7-9(16)5-6-10(13)17/h5-7H,3-4,8,17H2,1-2H3. The van der Waals surface area contributed by atoms with Gasteiger partial charge >= 0.3 is 0 Å². The van der Waals surface area contributed by atoms with Gasteiger partial charge in [-0.2, -0.15) is 5.10 Å². The molecule has 0 aliphatic carbocycles. The van der Waals surface area contributed by atoms with Gasteiger partial charge in [0.2, 0.25) is 0 Å². The molecule has 20 heavy (non-hydrogen) atoms. The van der Waals surface area contributed by atoms with Crippen molar-refractivity contribution in [2.45, 2.75) is 37.5 Å². The van der Waals surface area contributed by atoms with E-state index in [1.165, 1.54) is 23.9 Å². The summed E-state index contributed by atoms with van der Waals surface area (Å²) in [5.41, 5.74) is 8.28. The first-order valence-corrected chi connectivity index (χ1v) is 7.85. The second-order valence-electron chi connectivity index (χ2n) is 4.35. The molecule has 0 amide bonds. The summed E-state index contributed by atoms with van der Waals surface area (Å²) in [6.45, 7) is 4.80. The first kappa shape index (κ1) is 15.2. The van der Waals surface area contributed by atoms with Gasteiger partial charge < -0.3 is 5.73 Å². The van der Waals surface area contributed by atoms with Gasteiger partial charge in [0.25, 0.3) is 0 Å². The lowest BCUT2D eigenvalue weighted by Gasteiger charge is -2.07. The molecule has 0 fully saturated rings. The minimum absolute atomic E-state index is 0.286.